The molecule has 4 rings (SSSR count). The molecule has 0 aromatic heterocycles. The summed E-state index contributed by atoms with van der Waals surface area (Å²) in [7, 11) is 0. The summed E-state index contributed by atoms with van der Waals surface area (Å²) < 4.78 is 20.8. The minimum atomic E-state index is -1.03. The minimum absolute atomic E-state index is 0.0307. The lowest BCUT2D eigenvalue weighted by Gasteiger charge is -2.23. The Kier molecular flexibility index (Phi) is 13.7. The average Bonchev–Trinajstić information content (AvgIpc) is 3.41. The van der Waals surface area contributed by atoms with Crippen molar-refractivity contribution in [1.82, 2.24) is 4.90 Å². The van der Waals surface area contributed by atoms with Crippen LogP contribution in [0.3, 0.4) is 0 Å². The summed E-state index contributed by atoms with van der Waals surface area (Å²) in [6, 6.07) is 2.08. The van der Waals surface area contributed by atoms with E-state index in [1.807, 2.05) is 13.8 Å². The molecule has 6 heteroatoms. The first kappa shape index (κ1) is 30.7. The van der Waals surface area contributed by atoms with E-state index in [-0.39, 0.29) is 5.56 Å². The fourth-order valence-corrected chi connectivity index (χ4v) is 4.68. The fraction of sp³-hybridized carbons (Fsp3) is 0.655. The first-order valence-corrected chi connectivity index (χ1v) is 13.4. The van der Waals surface area contributed by atoms with E-state index < -0.39 is 23.7 Å². The van der Waals surface area contributed by atoms with Gasteiger partial charge in [0.15, 0.2) is 0 Å². The molecule has 198 valence electrons. The first-order valence-electron chi connectivity index (χ1n) is 13.4. The van der Waals surface area contributed by atoms with E-state index in [4.69, 9.17) is 4.74 Å². The van der Waals surface area contributed by atoms with Crippen LogP contribution in [0.25, 0.3) is 0 Å². The third-order valence-electron chi connectivity index (χ3n) is 6.42. The SMILES string of the molecule is C=C.CC.CC1CCC(COc2cc(F)c(C(=O)N3CCCC3C(=O)O)cc2C2CC2)C1.CCC. The van der Waals surface area contributed by atoms with Crippen LogP contribution < -0.4 is 4.74 Å². The number of benzene rings is 1. The summed E-state index contributed by atoms with van der Waals surface area (Å²) in [5, 5.41) is 9.33. The Morgan fingerprint density at radius 3 is 2.26 bits per heavy atom. The Hall–Kier alpha value is -2.37. The van der Waals surface area contributed by atoms with Gasteiger partial charge in [-0.1, -0.05) is 47.5 Å². The predicted octanol–water partition coefficient (Wildman–Crippen LogP) is 7.45. The molecule has 1 aromatic rings. The molecular weight excluding hydrogens is 445 g/mol. The second-order valence-electron chi connectivity index (χ2n) is 9.44. The molecule has 1 N–H and O–H groups in total. The van der Waals surface area contributed by atoms with Gasteiger partial charge in [-0.25, -0.2) is 9.18 Å². The monoisotopic (exact) mass is 491 g/mol. The lowest BCUT2D eigenvalue weighted by molar-refractivity contribution is -0.141. The number of halogens is 1. The summed E-state index contributed by atoms with van der Waals surface area (Å²) in [4.78, 5) is 25.6. The number of hydrogen-bond donors (Lipinski definition) is 1. The highest BCUT2D eigenvalue weighted by Crippen LogP contribution is 2.45. The maximum atomic E-state index is 14.8. The number of carboxylic acid groups (broad SMARTS) is 1. The summed E-state index contributed by atoms with van der Waals surface area (Å²) in [6.45, 7) is 17.4. The molecule has 1 amide bonds. The van der Waals surface area contributed by atoms with Gasteiger partial charge in [0.05, 0.1) is 12.2 Å². The molecular formula is C29H46FNO4. The standard InChI is InChI=1S/C22H28FNO4.C3H8.C2H6.C2H4/c1-13-4-5-14(9-13)12-28-20-11-18(23)17(10-16(20)15-6-7-15)21(25)24-8-2-3-19(24)22(26)27;1-3-2;2*1-2/h10-11,13-15,19H,2-9,12H2,1H3,(H,26,27);3H2,1-2H3;1-2H3;1-2H2. The topological polar surface area (TPSA) is 66.8 Å². The number of hydrogen-bond acceptors (Lipinski definition) is 3. The fourth-order valence-electron chi connectivity index (χ4n) is 4.68. The maximum Gasteiger partial charge on any atom is 0.326 e. The van der Waals surface area contributed by atoms with Crippen LogP contribution in [0.2, 0.25) is 0 Å². The van der Waals surface area contributed by atoms with E-state index in [2.05, 4.69) is 33.9 Å². The van der Waals surface area contributed by atoms with Crippen molar-refractivity contribution in [2.45, 2.75) is 97.9 Å². The van der Waals surface area contributed by atoms with Gasteiger partial charge in [-0.05, 0) is 67.9 Å². The number of carbonyl (C=O) groups excluding carboxylic acids is 1. The maximum absolute atomic E-state index is 14.8. The minimum Gasteiger partial charge on any atom is -0.493 e. The van der Waals surface area contributed by atoms with Gasteiger partial charge in [0, 0.05) is 12.6 Å². The number of amides is 1. The van der Waals surface area contributed by atoms with Crippen molar-refractivity contribution in [3.8, 4) is 5.75 Å². The average molecular weight is 492 g/mol. The number of carboxylic acids is 1. The van der Waals surface area contributed by atoms with E-state index in [1.165, 1.54) is 23.8 Å². The van der Waals surface area contributed by atoms with Crippen molar-refractivity contribution in [2.75, 3.05) is 13.2 Å². The smallest absolute Gasteiger partial charge is 0.326 e. The van der Waals surface area contributed by atoms with Gasteiger partial charge in [0.1, 0.15) is 17.6 Å². The lowest BCUT2D eigenvalue weighted by Crippen LogP contribution is -2.40. The summed E-state index contributed by atoms with van der Waals surface area (Å²) in [6.07, 6.45) is 7.81. The van der Waals surface area contributed by atoms with Crippen LogP contribution in [0, 0.1) is 17.7 Å². The van der Waals surface area contributed by atoms with E-state index in [0.717, 1.165) is 37.2 Å². The van der Waals surface area contributed by atoms with Crippen LogP contribution in [-0.4, -0.2) is 41.1 Å². The zero-order chi connectivity index (χ0) is 26.5. The Morgan fingerprint density at radius 1 is 1.11 bits per heavy atom. The Balaban J connectivity index is 0.000000797. The van der Waals surface area contributed by atoms with Crippen molar-refractivity contribution in [3.63, 3.8) is 0 Å². The van der Waals surface area contributed by atoms with Crippen LogP contribution >= 0.6 is 0 Å². The second-order valence-corrected chi connectivity index (χ2v) is 9.44. The normalized spacial score (nSPS) is 22.6. The summed E-state index contributed by atoms with van der Waals surface area (Å²) >= 11 is 0. The highest BCUT2D eigenvalue weighted by Gasteiger charge is 2.37. The molecule has 0 bridgehead atoms. The highest BCUT2D eigenvalue weighted by molar-refractivity contribution is 5.97. The third kappa shape index (κ3) is 8.66. The molecule has 3 atom stereocenters. The number of aliphatic carboxylic acids is 1. The molecule has 1 saturated heterocycles. The first-order chi connectivity index (χ1) is 16.8. The Morgan fingerprint density at radius 2 is 1.74 bits per heavy atom. The molecule has 3 unspecified atom stereocenters. The molecule has 2 aliphatic carbocycles. The van der Waals surface area contributed by atoms with Gasteiger partial charge in [-0.15, -0.1) is 13.2 Å². The Labute approximate surface area is 211 Å². The molecule has 3 fully saturated rings. The zero-order valence-electron chi connectivity index (χ0n) is 22.4. The molecule has 5 nitrogen and oxygen atoms in total. The largest absolute Gasteiger partial charge is 0.493 e. The van der Waals surface area contributed by atoms with Crippen LogP contribution in [-0.2, 0) is 4.79 Å². The van der Waals surface area contributed by atoms with Crippen molar-refractivity contribution < 1.29 is 23.8 Å². The van der Waals surface area contributed by atoms with Gasteiger partial charge in [0.2, 0.25) is 0 Å². The lowest BCUT2D eigenvalue weighted by atomic mass is 10.0. The van der Waals surface area contributed by atoms with Crippen molar-refractivity contribution in [3.05, 3.63) is 42.2 Å². The van der Waals surface area contributed by atoms with Crippen molar-refractivity contribution >= 4 is 11.9 Å². The Bertz CT molecular complexity index is 808. The number of nitrogens with zero attached hydrogens (tertiary/aromatic N) is 1. The van der Waals surface area contributed by atoms with Crippen molar-refractivity contribution in [2.24, 2.45) is 11.8 Å². The van der Waals surface area contributed by atoms with Crippen LogP contribution in [0.1, 0.15) is 108 Å². The van der Waals surface area contributed by atoms with Crippen LogP contribution in [0.15, 0.2) is 25.3 Å². The molecule has 35 heavy (non-hydrogen) atoms. The summed E-state index contributed by atoms with van der Waals surface area (Å²) in [5.41, 5.74) is 0.860. The second kappa shape index (κ2) is 15.6. The predicted molar refractivity (Wildman–Crippen MR) is 141 cm³/mol. The summed E-state index contributed by atoms with van der Waals surface area (Å²) in [5.74, 6) is -0.103. The number of ether oxygens (including phenoxy) is 1. The van der Waals surface area contributed by atoms with E-state index in [0.29, 0.717) is 43.6 Å². The van der Waals surface area contributed by atoms with Crippen LogP contribution in [0.5, 0.6) is 5.75 Å². The third-order valence-corrected chi connectivity index (χ3v) is 6.42. The molecule has 0 spiro atoms. The van der Waals surface area contributed by atoms with Crippen LogP contribution in [0.4, 0.5) is 4.39 Å². The molecule has 1 aliphatic heterocycles. The van der Waals surface area contributed by atoms with Gasteiger partial charge in [-0.2, -0.15) is 0 Å². The molecule has 1 aromatic carbocycles. The number of likely N-dealkylation sites (tertiary alicyclic amines) is 1. The molecule has 0 radical (unpaired) electrons. The highest BCUT2D eigenvalue weighted by atomic mass is 19.1. The van der Waals surface area contributed by atoms with Gasteiger partial charge in [0.25, 0.3) is 5.91 Å². The molecule has 3 aliphatic rings. The van der Waals surface area contributed by atoms with Gasteiger partial charge >= 0.3 is 5.97 Å². The molecule has 2 saturated carbocycles. The van der Waals surface area contributed by atoms with Crippen molar-refractivity contribution in [1.29, 1.82) is 0 Å². The van der Waals surface area contributed by atoms with Gasteiger partial charge < -0.3 is 14.7 Å². The van der Waals surface area contributed by atoms with E-state index in [9.17, 15) is 19.1 Å². The zero-order valence-corrected chi connectivity index (χ0v) is 22.4. The number of rotatable bonds is 6. The van der Waals surface area contributed by atoms with Gasteiger partial charge in [-0.3, -0.25) is 4.79 Å². The molecule has 1 heterocycles. The number of carbonyl (C=O) groups is 2. The van der Waals surface area contributed by atoms with E-state index in [1.54, 1.807) is 6.07 Å². The quantitative estimate of drug-likeness (QED) is 0.420. The van der Waals surface area contributed by atoms with E-state index >= 15 is 0 Å².